The number of hydrogen-bond acceptors (Lipinski definition) is 5. The summed E-state index contributed by atoms with van der Waals surface area (Å²) < 4.78 is 10.3. The predicted molar refractivity (Wildman–Crippen MR) is 146 cm³/mol. The summed E-state index contributed by atoms with van der Waals surface area (Å²) in [5.41, 5.74) is 2.25. The van der Waals surface area contributed by atoms with Crippen LogP contribution < -0.4 is 25.4 Å². The molecular weight excluding hydrogens is 482 g/mol. The standard InChI is InChI=1S/C30H35N3O5/c1-5-20(2)27(30(36)32-19-22-12-16-24(38-4)17-13-22)33-29(35)26-9-7-6-8-25(26)28(34)31-18-21-10-14-23(37-3)15-11-21/h6-17,20,27H,5,18-19H2,1-4H3,(H,31,34)(H,32,36)(H,33,35)/t20-,27-/m1/s1. The monoisotopic (exact) mass is 517 g/mol. The van der Waals surface area contributed by atoms with Gasteiger partial charge in [-0.1, -0.05) is 56.7 Å². The zero-order chi connectivity index (χ0) is 27.5. The second-order valence-corrected chi connectivity index (χ2v) is 8.98. The summed E-state index contributed by atoms with van der Waals surface area (Å²) in [5, 5.41) is 8.62. The maximum atomic E-state index is 13.3. The summed E-state index contributed by atoms with van der Waals surface area (Å²) in [6, 6.07) is 20.6. The zero-order valence-corrected chi connectivity index (χ0v) is 22.2. The molecule has 0 unspecified atom stereocenters. The van der Waals surface area contributed by atoms with E-state index in [0.717, 1.165) is 22.6 Å². The van der Waals surface area contributed by atoms with Crippen LogP contribution in [0.4, 0.5) is 0 Å². The Hall–Kier alpha value is -4.33. The van der Waals surface area contributed by atoms with Crippen LogP contribution in [0.25, 0.3) is 0 Å². The quantitative estimate of drug-likeness (QED) is 0.336. The minimum Gasteiger partial charge on any atom is -0.497 e. The molecule has 3 aromatic carbocycles. The molecule has 0 radical (unpaired) electrons. The minimum absolute atomic E-state index is 0.120. The Bertz CT molecular complexity index is 1230. The molecule has 3 amide bonds. The normalized spacial score (nSPS) is 12.1. The highest BCUT2D eigenvalue weighted by Crippen LogP contribution is 2.15. The van der Waals surface area contributed by atoms with Gasteiger partial charge in [-0.05, 0) is 53.4 Å². The lowest BCUT2D eigenvalue weighted by molar-refractivity contribution is -0.124. The molecule has 0 aliphatic heterocycles. The summed E-state index contributed by atoms with van der Waals surface area (Å²) in [6.07, 6.45) is 0.685. The van der Waals surface area contributed by atoms with Gasteiger partial charge in [0.1, 0.15) is 17.5 Å². The molecule has 0 saturated heterocycles. The third-order valence-corrected chi connectivity index (χ3v) is 6.44. The van der Waals surface area contributed by atoms with E-state index >= 15 is 0 Å². The fourth-order valence-electron chi connectivity index (χ4n) is 3.86. The Morgan fingerprint density at radius 2 is 1.18 bits per heavy atom. The van der Waals surface area contributed by atoms with E-state index in [9.17, 15) is 14.4 Å². The number of carbonyl (C=O) groups excluding carboxylic acids is 3. The number of carbonyl (C=O) groups is 3. The first-order valence-corrected chi connectivity index (χ1v) is 12.6. The van der Waals surface area contributed by atoms with Crippen molar-refractivity contribution >= 4 is 17.7 Å². The third kappa shape index (κ3) is 7.59. The average molecular weight is 518 g/mol. The van der Waals surface area contributed by atoms with Gasteiger partial charge in [-0.25, -0.2) is 0 Å². The van der Waals surface area contributed by atoms with Crippen LogP contribution in [0.3, 0.4) is 0 Å². The van der Waals surface area contributed by atoms with E-state index in [4.69, 9.17) is 9.47 Å². The molecule has 3 aromatic rings. The molecule has 38 heavy (non-hydrogen) atoms. The smallest absolute Gasteiger partial charge is 0.252 e. The first kappa shape index (κ1) is 28.2. The van der Waals surface area contributed by atoms with Gasteiger partial charge >= 0.3 is 0 Å². The van der Waals surface area contributed by atoms with E-state index in [1.807, 2.05) is 62.4 Å². The number of ether oxygens (including phenoxy) is 2. The second kappa shape index (κ2) is 13.8. The van der Waals surface area contributed by atoms with Crippen LogP contribution >= 0.6 is 0 Å². The van der Waals surface area contributed by atoms with Crippen LogP contribution in [0.1, 0.15) is 52.1 Å². The lowest BCUT2D eigenvalue weighted by Gasteiger charge is -2.24. The molecule has 0 heterocycles. The van der Waals surface area contributed by atoms with Gasteiger partial charge < -0.3 is 25.4 Å². The van der Waals surface area contributed by atoms with Crippen LogP contribution in [-0.2, 0) is 17.9 Å². The molecule has 0 spiro atoms. The molecular formula is C30H35N3O5. The van der Waals surface area contributed by atoms with Gasteiger partial charge in [0.15, 0.2) is 0 Å². The van der Waals surface area contributed by atoms with Gasteiger partial charge in [-0.3, -0.25) is 14.4 Å². The highest BCUT2D eigenvalue weighted by Gasteiger charge is 2.27. The Labute approximate surface area is 223 Å². The van der Waals surface area contributed by atoms with Gasteiger partial charge in [-0.2, -0.15) is 0 Å². The van der Waals surface area contributed by atoms with E-state index in [0.29, 0.717) is 19.5 Å². The molecule has 0 aromatic heterocycles. The van der Waals surface area contributed by atoms with Crippen LogP contribution in [0.5, 0.6) is 11.5 Å². The number of hydrogen-bond donors (Lipinski definition) is 3. The van der Waals surface area contributed by atoms with E-state index in [2.05, 4.69) is 16.0 Å². The number of amides is 3. The van der Waals surface area contributed by atoms with E-state index in [1.54, 1.807) is 38.5 Å². The molecule has 3 N–H and O–H groups in total. The summed E-state index contributed by atoms with van der Waals surface area (Å²) in [6.45, 7) is 4.48. The molecule has 200 valence electrons. The van der Waals surface area contributed by atoms with Crippen molar-refractivity contribution in [2.75, 3.05) is 14.2 Å². The highest BCUT2D eigenvalue weighted by molar-refractivity contribution is 6.08. The van der Waals surface area contributed by atoms with Crippen LogP contribution in [0.2, 0.25) is 0 Å². The Morgan fingerprint density at radius 1 is 0.711 bits per heavy atom. The van der Waals surface area contributed by atoms with Crippen molar-refractivity contribution in [2.45, 2.75) is 39.4 Å². The third-order valence-electron chi connectivity index (χ3n) is 6.44. The maximum Gasteiger partial charge on any atom is 0.252 e. The van der Waals surface area contributed by atoms with Crippen LogP contribution in [-0.4, -0.2) is 38.0 Å². The van der Waals surface area contributed by atoms with Crippen LogP contribution in [0.15, 0.2) is 72.8 Å². The second-order valence-electron chi connectivity index (χ2n) is 8.98. The van der Waals surface area contributed by atoms with Crippen molar-refractivity contribution in [3.63, 3.8) is 0 Å². The van der Waals surface area contributed by atoms with Crippen molar-refractivity contribution < 1.29 is 23.9 Å². The van der Waals surface area contributed by atoms with E-state index in [1.165, 1.54) is 0 Å². The fraction of sp³-hybridized carbons (Fsp3) is 0.300. The lowest BCUT2D eigenvalue weighted by Crippen LogP contribution is -2.50. The molecule has 3 rings (SSSR count). The molecule has 0 aliphatic carbocycles. The van der Waals surface area contributed by atoms with Crippen molar-refractivity contribution in [1.29, 1.82) is 0 Å². The van der Waals surface area contributed by atoms with Gasteiger partial charge in [0, 0.05) is 13.1 Å². The summed E-state index contributed by atoms with van der Waals surface area (Å²) in [5.74, 6) is 0.194. The Balaban J connectivity index is 1.67. The first-order chi connectivity index (χ1) is 18.4. The SMILES string of the molecule is CC[C@@H](C)[C@@H](NC(=O)c1ccccc1C(=O)NCc1ccc(OC)cc1)C(=O)NCc1ccc(OC)cc1. The molecule has 0 saturated carbocycles. The van der Waals surface area contributed by atoms with Crippen molar-refractivity contribution in [3.05, 3.63) is 95.1 Å². The van der Waals surface area contributed by atoms with E-state index in [-0.39, 0.29) is 28.9 Å². The molecule has 8 heteroatoms. The van der Waals surface area contributed by atoms with Crippen molar-refractivity contribution in [1.82, 2.24) is 16.0 Å². The van der Waals surface area contributed by atoms with Gasteiger partial charge in [0.2, 0.25) is 5.91 Å². The molecule has 0 bridgehead atoms. The highest BCUT2D eigenvalue weighted by atomic mass is 16.5. The summed E-state index contributed by atoms with van der Waals surface area (Å²) in [7, 11) is 3.19. The first-order valence-electron chi connectivity index (χ1n) is 12.6. The summed E-state index contributed by atoms with van der Waals surface area (Å²) >= 11 is 0. The number of rotatable bonds is 12. The number of nitrogens with one attached hydrogen (secondary N) is 3. The van der Waals surface area contributed by atoms with Crippen LogP contribution in [0, 0.1) is 5.92 Å². The molecule has 0 aliphatic rings. The molecule has 0 fully saturated rings. The van der Waals surface area contributed by atoms with Gasteiger partial charge in [0.25, 0.3) is 11.8 Å². The topological polar surface area (TPSA) is 106 Å². The van der Waals surface area contributed by atoms with Crippen molar-refractivity contribution in [2.24, 2.45) is 5.92 Å². The van der Waals surface area contributed by atoms with Gasteiger partial charge in [0.05, 0.1) is 25.3 Å². The molecule has 8 nitrogen and oxygen atoms in total. The number of methoxy groups -OCH3 is 2. The van der Waals surface area contributed by atoms with Crippen molar-refractivity contribution in [3.8, 4) is 11.5 Å². The maximum absolute atomic E-state index is 13.3. The number of benzene rings is 3. The summed E-state index contributed by atoms with van der Waals surface area (Å²) in [4.78, 5) is 39.4. The fourth-order valence-corrected chi connectivity index (χ4v) is 3.86. The lowest BCUT2D eigenvalue weighted by atomic mass is 9.97. The zero-order valence-electron chi connectivity index (χ0n) is 22.2. The predicted octanol–water partition coefficient (Wildman–Crippen LogP) is 4.09. The molecule has 2 atom stereocenters. The Morgan fingerprint density at radius 3 is 1.66 bits per heavy atom. The van der Waals surface area contributed by atoms with E-state index < -0.39 is 11.9 Å². The largest absolute Gasteiger partial charge is 0.497 e. The van der Waals surface area contributed by atoms with Gasteiger partial charge in [-0.15, -0.1) is 0 Å². The minimum atomic E-state index is -0.763. The average Bonchev–Trinajstić information content (AvgIpc) is 2.97. The Kier molecular flexibility index (Phi) is 10.3.